The molecule has 0 aliphatic rings. The van der Waals surface area contributed by atoms with E-state index in [1.165, 1.54) is 0 Å². The molecule has 0 saturated carbocycles. The Bertz CT molecular complexity index is 884. The van der Waals surface area contributed by atoms with E-state index >= 15 is 0 Å². The first-order valence-electron chi connectivity index (χ1n) is 8.23. The Morgan fingerprint density at radius 1 is 1.00 bits per heavy atom. The molecule has 6 heteroatoms. The summed E-state index contributed by atoms with van der Waals surface area (Å²) in [5.41, 5.74) is 3.12. The maximum absolute atomic E-state index is 12.4. The van der Waals surface area contributed by atoms with E-state index in [0.717, 1.165) is 28.4 Å². The summed E-state index contributed by atoms with van der Waals surface area (Å²) in [4.78, 5) is 12.4. The summed E-state index contributed by atoms with van der Waals surface area (Å²) < 4.78 is 12.0. The molecule has 1 aromatic heterocycles. The smallest absolute Gasteiger partial charge is 0.272 e. The van der Waals surface area contributed by atoms with Gasteiger partial charge in [-0.1, -0.05) is 12.1 Å². The fourth-order valence-corrected chi connectivity index (χ4v) is 2.59. The number of aromatic nitrogens is 2. The molecular weight excluding hydrogens is 330 g/mol. The van der Waals surface area contributed by atoms with Crippen LogP contribution in [0.1, 0.15) is 21.7 Å². The first-order valence-corrected chi connectivity index (χ1v) is 8.23. The normalized spacial score (nSPS) is 10.4. The predicted octanol–water partition coefficient (Wildman–Crippen LogP) is 3.13. The third-order valence-corrected chi connectivity index (χ3v) is 4.05. The van der Waals surface area contributed by atoms with Crippen LogP contribution in [0.4, 0.5) is 0 Å². The number of benzene rings is 2. The molecule has 0 radical (unpaired) electrons. The van der Waals surface area contributed by atoms with Crippen molar-refractivity contribution in [3.63, 3.8) is 0 Å². The molecule has 0 saturated heterocycles. The zero-order chi connectivity index (χ0) is 18.5. The summed E-state index contributed by atoms with van der Waals surface area (Å²) in [6, 6.07) is 16.9. The van der Waals surface area contributed by atoms with Crippen molar-refractivity contribution in [3.05, 3.63) is 71.5 Å². The molecule has 3 aromatic rings. The van der Waals surface area contributed by atoms with E-state index in [1.807, 2.05) is 55.5 Å². The second kappa shape index (κ2) is 7.74. The molecule has 0 atom stereocenters. The molecule has 0 aliphatic carbocycles. The molecule has 0 bridgehead atoms. The van der Waals surface area contributed by atoms with Gasteiger partial charge in [0.25, 0.3) is 5.91 Å². The number of nitrogens with zero attached hydrogens (tertiary/aromatic N) is 2. The lowest BCUT2D eigenvalue weighted by atomic mass is 10.2. The molecule has 26 heavy (non-hydrogen) atoms. The van der Waals surface area contributed by atoms with Crippen molar-refractivity contribution < 1.29 is 14.3 Å². The number of hydrogen-bond acceptors (Lipinski definition) is 4. The largest absolute Gasteiger partial charge is 0.497 e. The Balaban J connectivity index is 1.69. The monoisotopic (exact) mass is 351 g/mol. The fraction of sp³-hybridized carbons (Fsp3) is 0.200. The molecule has 3 rings (SSSR count). The Morgan fingerprint density at radius 3 is 2.15 bits per heavy atom. The van der Waals surface area contributed by atoms with Crippen molar-refractivity contribution in [2.45, 2.75) is 13.5 Å². The van der Waals surface area contributed by atoms with Crippen LogP contribution < -0.4 is 14.8 Å². The number of nitrogens with one attached hydrogen (secondary N) is 1. The molecule has 0 spiro atoms. The SMILES string of the molecule is COc1ccc(CNC(=O)c2cc(C)n(-c3ccc(OC)cc3)n2)cc1. The van der Waals surface area contributed by atoms with Gasteiger partial charge in [0, 0.05) is 12.2 Å². The molecular formula is C20H21N3O3. The molecule has 0 fully saturated rings. The Morgan fingerprint density at radius 2 is 1.58 bits per heavy atom. The molecule has 6 nitrogen and oxygen atoms in total. The summed E-state index contributed by atoms with van der Waals surface area (Å²) in [6.45, 7) is 2.34. The lowest BCUT2D eigenvalue weighted by molar-refractivity contribution is 0.0945. The third-order valence-electron chi connectivity index (χ3n) is 4.05. The molecule has 1 heterocycles. The number of hydrogen-bond donors (Lipinski definition) is 1. The minimum atomic E-state index is -0.212. The van der Waals surface area contributed by atoms with Gasteiger partial charge in [-0.25, -0.2) is 4.68 Å². The maximum atomic E-state index is 12.4. The average molecular weight is 351 g/mol. The highest BCUT2D eigenvalue weighted by atomic mass is 16.5. The van der Waals surface area contributed by atoms with E-state index in [1.54, 1.807) is 25.0 Å². The number of aryl methyl sites for hydroxylation is 1. The van der Waals surface area contributed by atoms with Gasteiger partial charge < -0.3 is 14.8 Å². The minimum Gasteiger partial charge on any atom is -0.497 e. The van der Waals surface area contributed by atoms with E-state index < -0.39 is 0 Å². The molecule has 2 aromatic carbocycles. The van der Waals surface area contributed by atoms with Crippen molar-refractivity contribution in [2.24, 2.45) is 0 Å². The zero-order valence-electron chi connectivity index (χ0n) is 15.0. The number of amides is 1. The summed E-state index contributed by atoms with van der Waals surface area (Å²) in [7, 11) is 3.25. The fourth-order valence-electron chi connectivity index (χ4n) is 2.59. The maximum Gasteiger partial charge on any atom is 0.272 e. The Kier molecular flexibility index (Phi) is 5.22. The van der Waals surface area contributed by atoms with Crippen LogP contribution in [0.5, 0.6) is 11.5 Å². The van der Waals surface area contributed by atoms with Gasteiger partial charge in [-0.3, -0.25) is 4.79 Å². The first kappa shape index (κ1) is 17.5. The molecule has 1 N–H and O–H groups in total. The van der Waals surface area contributed by atoms with Gasteiger partial charge in [-0.05, 0) is 55.0 Å². The van der Waals surface area contributed by atoms with Gasteiger partial charge in [0.05, 0.1) is 19.9 Å². The molecule has 0 unspecified atom stereocenters. The van der Waals surface area contributed by atoms with Crippen LogP contribution in [0.15, 0.2) is 54.6 Å². The number of ether oxygens (including phenoxy) is 2. The number of methoxy groups -OCH3 is 2. The molecule has 0 aliphatic heterocycles. The van der Waals surface area contributed by atoms with Crippen molar-refractivity contribution in [1.29, 1.82) is 0 Å². The van der Waals surface area contributed by atoms with Crippen LogP contribution in [0.25, 0.3) is 5.69 Å². The molecule has 134 valence electrons. The van der Waals surface area contributed by atoms with E-state index in [2.05, 4.69) is 10.4 Å². The Labute approximate surface area is 152 Å². The van der Waals surface area contributed by atoms with Crippen LogP contribution in [-0.2, 0) is 6.54 Å². The first-order chi connectivity index (χ1) is 12.6. The van der Waals surface area contributed by atoms with Crippen molar-refractivity contribution in [3.8, 4) is 17.2 Å². The van der Waals surface area contributed by atoms with Crippen molar-refractivity contribution in [1.82, 2.24) is 15.1 Å². The second-order valence-corrected chi connectivity index (χ2v) is 5.81. The van der Waals surface area contributed by atoms with Crippen molar-refractivity contribution >= 4 is 5.91 Å². The van der Waals surface area contributed by atoms with Gasteiger partial charge in [0.1, 0.15) is 11.5 Å². The van der Waals surface area contributed by atoms with Gasteiger partial charge in [0.15, 0.2) is 5.69 Å². The zero-order valence-corrected chi connectivity index (χ0v) is 15.0. The van der Waals surface area contributed by atoms with Gasteiger partial charge in [-0.15, -0.1) is 0 Å². The minimum absolute atomic E-state index is 0.212. The predicted molar refractivity (Wildman–Crippen MR) is 99.0 cm³/mol. The topological polar surface area (TPSA) is 65.4 Å². The van der Waals surface area contributed by atoms with Crippen LogP contribution in [0, 0.1) is 6.92 Å². The summed E-state index contributed by atoms with van der Waals surface area (Å²) in [5, 5.41) is 7.31. The molecule has 1 amide bonds. The lowest BCUT2D eigenvalue weighted by Crippen LogP contribution is -2.23. The lowest BCUT2D eigenvalue weighted by Gasteiger charge is -2.06. The van der Waals surface area contributed by atoms with Gasteiger partial charge in [-0.2, -0.15) is 5.10 Å². The average Bonchev–Trinajstić information content (AvgIpc) is 3.08. The van der Waals surface area contributed by atoms with E-state index in [9.17, 15) is 4.79 Å². The highest BCUT2D eigenvalue weighted by molar-refractivity contribution is 5.92. The summed E-state index contributed by atoms with van der Waals surface area (Å²) in [6.07, 6.45) is 0. The van der Waals surface area contributed by atoms with Crippen LogP contribution in [-0.4, -0.2) is 29.9 Å². The highest BCUT2D eigenvalue weighted by Crippen LogP contribution is 2.17. The Hall–Kier alpha value is -3.28. The van der Waals surface area contributed by atoms with Crippen LogP contribution in [0.3, 0.4) is 0 Å². The van der Waals surface area contributed by atoms with Crippen molar-refractivity contribution in [2.75, 3.05) is 14.2 Å². The summed E-state index contributed by atoms with van der Waals surface area (Å²) >= 11 is 0. The summed E-state index contributed by atoms with van der Waals surface area (Å²) in [5.74, 6) is 1.35. The third kappa shape index (κ3) is 3.85. The second-order valence-electron chi connectivity index (χ2n) is 5.81. The van der Waals surface area contributed by atoms with E-state index in [0.29, 0.717) is 12.2 Å². The number of rotatable bonds is 6. The van der Waals surface area contributed by atoms with Gasteiger partial charge in [0.2, 0.25) is 0 Å². The van der Waals surface area contributed by atoms with Gasteiger partial charge >= 0.3 is 0 Å². The van der Waals surface area contributed by atoms with Crippen LogP contribution in [0.2, 0.25) is 0 Å². The highest BCUT2D eigenvalue weighted by Gasteiger charge is 2.13. The van der Waals surface area contributed by atoms with E-state index in [-0.39, 0.29) is 5.91 Å². The number of carbonyl (C=O) groups excluding carboxylic acids is 1. The standard InChI is InChI=1S/C20H21N3O3/c1-14-12-19(22-23(14)16-6-10-18(26-3)11-7-16)20(24)21-13-15-4-8-17(25-2)9-5-15/h4-12H,13H2,1-3H3,(H,21,24). The number of carbonyl (C=O) groups is 1. The van der Waals surface area contributed by atoms with Crippen LogP contribution >= 0.6 is 0 Å². The quantitative estimate of drug-likeness (QED) is 0.741. The van der Waals surface area contributed by atoms with E-state index in [4.69, 9.17) is 9.47 Å².